The molecule has 0 spiro atoms. The molecule has 8 heteroatoms. The predicted octanol–water partition coefficient (Wildman–Crippen LogP) is 1.97. The maximum absolute atomic E-state index is 12.9. The van der Waals surface area contributed by atoms with E-state index in [4.69, 9.17) is 0 Å². The standard InChI is InChI=1S/C19H15N5O3/c1-12-10-24(17-5-3-2-4-14(17)9-20)18(25)11-23(12)19(26)13-6-7-15-16(8-13)22-27-21-15/h2-8,12H,10-11H2,1H3. The fourth-order valence-electron chi connectivity index (χ4n) is 3.24. The van der Waals surface area contributed by atoms with Gasteiger partial charge in [-0.1, -0.05) is 12.1 Å². The predicted molar refractivity (Wildman–Crippen MR) is 95.8 cm³/mol. The normalized spacial score (nSPS) is 17.2. The molecular formula is C19H15N5O3. The van der Waals surface area contributed by atoms with Crippen LogP contribution >= 0.6 is 0 Å². The van der Waals surface area contributed by atoms with Crippen molar-refractivity contribution in [2.45, 2.75) is 13.0 Å². The van der Waals surface area contributed by atoms with Crippen molar-refractivity contribution in [2.75, 3.05) is 18.0 Å². The summed E-state index contributed by atoms with van der Waals surface area (Å²) in [6.07, 6.45) is 0. The molecule has 1 aliphatic rings. The Hall–Kier alpha value is -3.73. The third-order valence-corrected chi connectivity index (χ3v) is 4.66. The van der Waals surface area contributed by atoms with E-state index in [1.54, 1.807) is 47.4 Å². The van der Waals surface area contributed by atoms with Crippen LogP contribution in [0.5, 0.6) is 0 Å². The molecule has 2 heterocycles. The Morgan fingerprint density at radius 1 is 1.22 bits per heavy atom. The minimum Gasteiger partial charge on any atom is -0.325 e. The van der Waals surface area contributed by atoms with Crippen LogP contribution in [0.2, 0.25) is 0 Å². The van der Waals surface area contributed by atoms with E-state index in [1.807, 2.05) is 6.92 Å². The van der Waals surface area contributed by atoms with Gasteiger partial charge >= 0.3 is 0 Å². The highest BCUT2D eigenvalue weighted by atomic mass is 16.6. The van der Waals surface area contributed by atoms with Gasteiger partial charge in [0, 0.05) is 18.2 Å². The number of aromatic nitrogens is 2. The number of hydrogen-bond donors (Lipinski definition) is 0. The Kier molecular flexibility index (Phi) is 4.05. The van der Waals surface area contributed by atoms with Crippen molar-refractivity contribution < 1.29 is 14.2 Å². The summed E-state index contributed by atoms with van der Waals surface area (Å²) in [6, 6.07) is 13.7. The number of para-hydroxylation sites is 1. The van der Waals surface area contributed by atoms with Crippen LogP contribution in [0.3, 0.4) is 0 Å². The van der Waals surface area contributed by atoms with Crippen molar-refractivity contribution in [2.24, 2.45) is 0 Å². The second kappa shape index (κ2) is 6.53. The zero-order valence-electron chi connectivity index (χ0n) is 14.5. The fraction of sp³-hybridized carbons (Fsp3) is 0.211. The number of carbonyl (C=O) groups excluding carboxylic acids is 2. The molecule has 2 amide bonds. The summed E-state index contributed by atoms with van der Waals surface area (Å²) in [4.78, 5) is 28.7. The molecule has 1 atom stereocenters. The van der Waals surface area contributed by atoms with Crippen molar-refractivity contribution >= 4 is 28.5 Å². The number of hydrogen-bond acceptors (Lipinski definition) is 6. The van der Waals surface area contributed by atoms with Crippen LogP contribution in [0.15, 0.2) is 47.1 Å². The first kappa shape index (κ1) is 16.7. The number of amides is 2. The van der Waals surface area contributed by atoms with Crippen molar-refractivity contribution in [3.05, 3.63) is 53.6 Å². The van der Waals surface area contributed by atoms with Crippen molar-refractivity contribution in [1.82, 2.24) is 15.2 Å². The summed E-state index contributed by atoms with van der Waals surface area (Å²) in [7, 11) is 0. The Labute approximate surface area is 154 Å². The lowest BCUT2D eigenvalue weighted by Crippen LogP contribution is -2.57. The van der Waals surface area contributed by atoms with Crippen LogP contribution in [0.25, 0.3) is 11.0 Å². The van der Waals surface area contributed by atoms with E-state index in [1.165, 1.54) is 4.90 Å². The van der Waals surface area contributed by atoms with Crippen molar-refractivity contribution in [3.63, 3.8) is 0 Å². The maximum atomic E-state index is 12.9. The molecule has 0 bridgehead atoms. The average molecular weight is 361 g/mol. The lowest BCUT2D eigenvalue weighted by Gasteiger charge is -2.39. The molecule has 1 aliphatic heterocycles. The number of nitriles is 1. The van der Waals surface area contributed by atoms with Gasteiger partial charge in [-0.3, -0.25) is 9.59 Å². The van der Waals surface area contributed by atoms with Crippen LogP contribution in [0.4, 0.5) is 5.69 Å². The van der Waals surface area contributed by atoms with E-state index in [2.05, 4.69) is 21.0 Å². The molecule has 0 saturated carbocycles. The maximum Gasteiger partial charge on any atom is 0.254 e. The Balaban J connectivity index is 1.59. The third-order valence-electron chi connectivity index (χ3n) is 4.66. The number of carbonyl (C=O) groups is 2. The highest BCUT2D eigenvalue weighted by Crippen LogP contribution is 2.25. The smallest absolute Gasteiger partial charge is 0.254 e. The summed E-state index contributed by atoms with van der Waals surface area (Å²) in [5.41, 5.74) is 2.47. The van der Waals surface area contributed by atoms with Gasteiger partial charge in [0.05, 0.1) is 11.3 Å². The van der Waals surface area contributed by atoms with Crippen molar-refractivity contribution in [3.8, 4) is 6.07 Å². The molecule has 1 fully saturated rings. The first-order valence-electron chi connectivity index (χ1n) is 8.41. The lowest BCUT2D eigenvalue weighted by atomic mass is 10.1. The molecule has 1 aromatic heterocycles. The van der Waals surface area contributed by atoms with Gasteiger partial charge in [0.1, 0.15) is 23.6 Å². The van der Waals surface area contributed by atoms with Crippen LogP contribution in [0.1, 0.15) is 22.8 Å². The summed E-state index contributed by atoms with van der Waals surface area (Å²) in [5.74, 6) is -0.484. The van der Waals surface area contributed by atoms with E-state index < -0.39 is 0 Å². The minimum absolute atomic E-state index is 0.0606. The topological polar surface area (TPSA) is 103 Å². The average Bonchev–Trinajstić information content (AvgIpc) is 3.16. The Morgan fingerprint density at radius 3 is 2.81 bits per heavy atom. The van der Waals surface area contributed by atoms with Gasteiger partial charge in [0.15, 0.2) is 0 Å². The largest absolute Gasteiger partial charge is 0.325 e. The molecule has 0 radical (unpaired) electrons. The van der Waals surface area contributed by atoms with E-state index in [-0.39, 0.29) is 24.4 Å². The van der Waals surface area contributed by atoms with Crippen LogP contribution < -0.4 is 4.90 Å². The number of anilines is 1. The van der Waals surface area contributed by atoms with Gasteiger partial charge in [-0.15, -0.1) is 0 Å². The summed E-state index contributed by atoms with van der Waals surface area (Å²) in [6.45, 7) is 2.13. The van der Waals surface area contributed by atoms with Crippen LogP contribution in [-0.2, 0) is 4.79 Å². The zero-order chi connectivity index (χ0) is 19.0. The second-order valence-corrected chi connectivity index (χ2v) is 6.38. The minimum atomic E-state index is -0.256. The van der Waals surface area contributed by atoms with E-state index >= 15 is 0 Å². The molecule has 8 nitrogen and oxygen atoms in total. The third kappa shape index (κ3) is 2.89. The zero-order valence-corrected chi connectivity index (χ0v) is 14.5. The van der Waals surface area contributed by atoms with Gasteiger partial charge in [0.25, 0.3) is 5.91 Å². The van der Waals surface area contributed by atoms with Gasteiger partial charge in [-0.05, 0) is 47.6 Å². The molecule has 1 unspecified atom stereocenters. The number of piperazine rings is 1. The van der Waals surface area contributed by atoms with Crippen LogP contribution in [-0.4, -0.2) is 46.2 Å². The molecule has 1 saturated heterocycles. The van der Waals surface area contributed by atoms with Crippen LogP contribution in [0, 0.1) is 11.3 Å². The van der Waals surface area contributed by atoms with Gasteiger partial charge in [-0.25, -0.2) is 4.63 Å². The fourth-order valence-corrected chi connectivity index (χ4v) is 3.24. The highest BCUT2D eigenvalue weighted by Gasteiger charge is 2.34. The monoisotopic (exact) mass is 361 g/mol. The SMILES string of the molecule is CC1CN(c2ccccc2C#N)C(=O)CN1C(=O)c1ccc2nonc2c1. The molecule has 27 heavy (non-hydrogen) atoms. The molecule has 3 aromatic rings. The molecule has 0 aliphatic carbocycles. The van der Waals surface area contributed by atoms with Gasteiger partial charge < -0.3 is 9.80 Å². The molecule has 0 N–H and O–H groups in total. The molecule has 2 aromatic carbocycles. The summed E-state index contributed by atoms with van der Waals surface area (Å²) in [5, 5.41) is 16.8. The quantitative estimate of drug-likeness (QED) is 0.691. The molecular weight excluding hydrogens is 346 g/mol. The second-order valence-electron chi connectivity index (χ2n) is 6.38. The van der Waals surface area contributed by atoms with E-state index in [0.717, 1.165) is 0 Å². The first-order chi connectivity index (χ1) is 13.1. The van der Waals surface area contributed by atoms with Crippen molar-refractivity contribution in [1.29, 1.82) is 5.26 Å². The number of benzene rings is 2. The lowest BCUT2D eigenvalue weighted by molar-refractivity contribution is -0.121. The first-order valence-corrected chi connectivity index (χ1v) is 8.41. The van der Waals surface area contributed by atoms with Gasteiger partial charge in [-0.2, -0.15) is 5.26 Å². The number of rotatable bonds is 2. The Bertz CT molecular complexity index is 1080. The summed E-state index contributed by atoms with van der Waals surface area (Å²) >= 11 is 0. The van der Waals surface area contributed by atoms with E-state index in [9.17, 15) is 14.9 Å². The summed E-state index contributed by atoms with van der Waals surface area (Å²) < 4.78 is 4.66. The highest BCUT2D eigenvalue weighted by molar-refractivity contribution is 6.03. The molecule has 4 rings (SSSR count). The number of nitrogens with zero attached hydrogens (tertiary/aromatic N) is 5. The number of fused-ring (bicyclic) bond motifs is 1. The van der Waals surface area contributed by atoms with E-state index in [0.29, 0.717) is 34.4 Å². The van der Waals surface area contributed by atoms with Gasteiger partial charge in [0.2, 0.25) is 5.91 Å². The molecule has 134 valence electrons. The Morgan fingerprint density at radius 2 is 2.00 bits per heavy atom.